The zero-order valence-electron chi connectivity index (χ0n) is 12.3. The van der Waals surface area contributed by atoms with Gasteiger partial charge in [-0.1, -0.05) is 6.07 Å². The topological polar surface area (TPSA) is 88.4 Å². The summed E-state index contributed by atoms with van der Waals surface area (Å²) >= 11 is 1.51. The molecule has 1 heterocycles. The van der Waals surface area contributed by atoms with Gasteiger partial charge < -0.3 is 15.0 Å². The summed E-state index contributed by atoms with van der Waals surface area (Å²) in [5.74, 6) is -0.943. The molecule has 0 bridgehead atoms. The Morgan fingerprint density at radius 3 is 2.62 bits per heavy atom. The van der Waals surface area contributed by atoms with Crippen LogP contribution in [-0.4, -0.2) is 39.6 Å². The minimum Gasteiger partial charge on any atom is -0.480 e. The number of carboxylic acids is 1. The highest BCUT2D eigenvalue weighted by molar-refractivity contribution is 7.98. The molecular formula is C14H20N2O4S. The minimum absolute atomic E-state index is 0.311. The molecule has 1 amide bonds. The highest BCUT2D eigenvalue weighted by Crippen LogP contribution is 2.13. The standard InChI is InChI=1S/C14H20N2O4S/c1-14(2,16-8-5-4-6-11(16)17)13(20)15-10(12(18)19)7-9-21-3/h4-6,8,10H,7,9H2,1-3H3,(H,15,20)(H,18,19). The van der Waals surface area contributed by atoms with Gasteiger partial charge in [-0.05, 0) is 38.3 Å². The number of carbonyl (C=O) groups excluding carboxylic acids is 1. The van der Waals surface area contributed by atoms with Crippen LogP contribution in [0.25, 0.3) is 0 Å². The molecule has 0 spiro atoms. The Labute approximate surface area is 127 Å². The fraction of sp³-hybridized carbons (Fsp3) is 0.500. The van der Waals surface area contributed by atoms with Crippen LogP contribution in [0.3, 0.4) is 0 Å². The molecule has 6 nitrogen and oxygen atoms in total. The van der Waals surface area contributed by atoms with Gasteiger partial charge in [0, 0.05) is 12.3 Å². The van der Waals surface area contributed by atoms with Gasteiger partial charge in [-0.15, -0.1) is 0 Å². The normalized spacial score (nSPS) is 12.7. The van der Waals surface area contributed by atoms with Crippen molar-refractivity contribution in [1.29, 1.82) is 0 Å². The van der Waals surface area contributed by atoms with E-state index in [1.54, 1.807) is 26.0 Å². The number of aromatic nitrogens is 1. The minimum atomic E-state index is -1.16. The third-order valence-electron chi connectivity index (χ3n) is 3.19. The first kappa shape index (κ1) is 17.3. The third-order valence-corrected chi connectivity index (χ3v) is 3.84. The van der Waals surface area contributed by atoms with Crippen molar-refractivity contribution in [2.24, 2.45) is 0 Å². The van der Waals surface area contributed by atoms with Gasteiger partial charge in [0.25, 0.3) is 5.56 Å². The fourth-order valence-electron chi connectivity index (χ4n) is 1.83. The lowest BCUT2D eigenvalue weighted by atomic mass is 10.0. The number of hydrogen-bond acceptors (Lipinski definition) is 4. The molecule has 116 valence electrons. The number of nitrogens with zero attached hydrogens (tertiary/aromatic N) is 1. The van der Waals surface area contributed by atoms with Crippen LogP contribution in [0.2, 0.25) is 0 Å². The molecule has 0 radical (unpaired) electrons. The van der Waals surface area contributed by atoms with E-state index in [1.807, 2.05) is 6.26 Å². The van der Waals surface area contributed by atoms with Crippen LogP contribution in [0.15, 0.2) is 29.2 Å². The smallest absolute Gasteiger partial charge is 0.326 e. The number of carboxylic acid groups (broad SMARTS) is 1. The molecule has 1 aromatic heterocycles. The van der Waals surface area contributed by atoms with Crippen LogP contribution in [0.1, 0.15) is 20.3 Å². The second-order valence-electron chi connectivity index (χ2n) is 5.11. The summed E-state index contributed by atoms with van der Waals surface area (Å²) in [5.41, 5.74) is -1.47. The van der Waals surface area contributed by atoms with Crippen molar-refractivity contribution < 1.29 is 14.7 Å². The quantitative estimate of drug-likeness (QED) is 0.781. The van der Waals surface area contributed by atoms with E-state index in [2.05, 4.69) is 5.32 Å². The molecule has 1 unspecified atom stereocenters. The fourth-order valence-corrected chi connectivity index (χ4v) is 2.30. The number of nitrogens with one attached hydrogen (secondary N) is 1. The van der Waals surface area contributed by atoms with Crippen LogP contribution in [0.4, 0.5) is 0 Å². The summed E-state index contributed by atoms with van der Waals surface area (Å²) in [5, 5.41) is 11.7. The van der Waals surface area contributed by atoms with Gasteiger partial charge in [0.1, 0.15) is 11.6 Å². The van der Waals surface area contributed by atoms with Gasteiger partial charge >= 0.3 is 5.97 Å². The molecular weight excluding hydrogens is 292 g/mol. The summed E-state index contributed by atoms with van der Waals surface area (Å²) < 4.78 is 1.29. The predicted molar refractivity (Wildman–Crippen MR) is 82.6 cm³/mol. The van der Waals surface area contributed by atoms with Crippen molar-refractivity contribution >= 4 is 23.6 Å². The first-order valence-electron chi connectivity index (χ1n) is 6.51. The van der Waals surface area contributed by atoms with Crippen molar-refractivity contribution in [1.82, 2.24) is 9.88 Å². The van der Waals surface area contributed by atoms with Gasteiger partial charge in [-0.25, -0.2) is 4.79 Å². The zero-order valence-corrected chi connectivity index (χ0v) is 13.1. The van der Waals surface area contributed by atoms with E-state index in [-0.39, 0.29) is 5.56 Å². The number of hydrogen-bond donors (Lipinski definition) is 2. The Morgan fingerprint density at radius 2 is 2.10 bits per heavy atom. The average Bonchev–Trinajstić information content (AvgIpc) is 2.43. The molecule has 2 N–H and O–H groups in total. The third kappa shape index (κ3) is 4.35. The first-order valence-corrected chi connectivity index (χ1v) is 7.91. The molecule has 1 atom stereocenters. The van der Waals surface area contributed by atoms with Crippen LogP contribution in [0.5, 0.6) is 0 Å². The molecule has 1 rings (SSSR count). The van der Waals surface area contributed by atoms with E-state index < -0.39 is 23.5 Å². The summed E-state index contributed by atoms with van der Waals surface area (Å²) in [6, 6.07) is 3.64. The summed E-state index contributed by atoms with van der Waals surface area (Å²) in [6.45, 7) is 3.16. The maximum Gasteiger partial charge on any atom is 0.326 e. The van der Waals surface area contributed by atoms with E-state index in [0.29, 0.717) is 12.2 Å². The zero-order chi connectivity index (χ0) is 16.0. The Hall–Kier alpha value is -1.76. The summed E-state index contributed by atoms with van der Waals surface area (Å²) in [7, 11) is 0. The summed E-state index contributed by atoms with van der Waals surface area (Å²) in [6.07, 6.45) is 3.72. The van der Waals surface area contributed by atoms with Gasteiger partial charge in [0.15, 0.2) is 0 Å². The number of thioether (sulfide) groups is 1. The van der Waals surface area contributed by atoms with Crippen LogP contribution in [0, 0.1) is 0 Å². The average molecular weight is 312 g/mol. The largest absolute Gasteiger partial charge is 0.480 e. The van der Waals surface area contributed by atoms with E-state index in [9.17, 15) is 14.4 Å². The Morgan fingerprint density at radius 1 is 1.43 bits per heavy atom. The molecule has 0 fully saturated rings. The Bertz CT molecular complexity index is 568. The monoisotopic (exact) mass is 312 g/mol. The van der Waals surface area contributed by atoms with Crippen LogP contribution in [-0.2, 0) is 15.1 Å². The lowest BCUT2D eigenvalue weighted by molar-refractivity contribution is -0.143. The maximum absolute atomic E-state index is 12.4. The van der Waals surface area contributed by atoms with E-state index in [4.69, 9.17) is 5.11 Å². The van der Waals surface area contributed by atoms with Crippen molar-refractivity contribution in [3.8, 4) is 0 Å². The van der Waals surface area contributed by atoms with Crippen LogP contribution < -0.4 is 10.9 Å². The van der Waals surface area contributed by atoms with Crippen molar-refractivity contribution in [3.63, 3.8) is 0 Å². The van der Waals surface area contributed by atoms with Crippen molar-refractivity contribution in [2.75, 3.05) is 12.0 Å². The molecule has 0 aliphatic rings. The molecule has 0 aromatic carbocycles. The number of carbonyl (C=O) groups is 2. The number of amides is 1. The first-order chi connectivity index (χ1) is 9.80. The lowest BCUT2D eigenvalue weighted by Gasteiger charge is -2.28. The molecule has 0 saturated carbocycles. The summed E-state index contributed by atoms with van der Waals surface area (Å²) in [4.78, 5) is 35.4. The molecule has 7 heteroatoms. The van der Waals surface area contributed by atoms with Crippen LogP contribution >= 0.6 is 11.8 Å². The highest BCUT2D eigenvalue weighted by Gasteiger charge is 2.33. The second-order valence-corrected chi connectivity index (χ2v) is 6.10. The Kier molecular flexibility index (Phi) is 6.02. The van der Waals surface area contributed by atoms with E-state index >= 15 is 0 Å². The van der Waals surface area contributed by atoms with Gasteiger partial charge in [-0.2, -0.15) is 11.8 Å². The van der Waals surface area contributed by atoms with Gasteiger partial charge in [0.2, 0.25) is 5.91 Å². The van der Waals surface area contributed by atoms with Crippen molar-refractivity contribution in [2.45, 2.75) is 31.8 Å². The van der Waals surface area contributed by atoms with Gasteiger partial charge in [0.05, 0.1) is 0 Å². The number of pyridine rings is 1. The molecule has 0 aliphatic carbocycles. The molecule has 0 saturated heterocycles. The second kappa shape index (κ2) is 7.31. The maximum atomic E-state index is 12.4. The predicted octanol–water partition coefficient (Wildman–Crippen LogP) is 0.906. The van der Waals surface area contributed by atoms with E-state index in [1.165, 1.54) is 28.6 Å². The van der Waals surface area contributed by atoms with Gasteiger partial charge in [-0.3, -0.25) is 9.59 Å². The van der Waals surface area contributed by atoms with E-state index in [0.717, 1.165) is 0 Å². The SMILES string of the molecule is CSCCC(NC(=O)C(C)(C)n1ccccc1=O)C(=O)O. The lowest BCUT2D eigenvalue weighted by Crippen LogP contribution is -2.53. The molecule has 0 aliphatic heterocycles. The molecule has 21 heavy (non-hydrogen) atoms. The van der Waals surface area contributed by atoms with Crippen molar-refractivity contribution in [3.05, 3.63) is 34.7 Å². The highest BCUT2D eigenvalue weighted by atomic mass is 32.2. The Balaban J connectivity index is 2.93. The number of rotatable bonds is 7. The molecule has 1 aromatic rings. The number of aliphatic carboxylic acids is 1.